The molecule has 114 valence electrons. The van der Waals surface area contributed by atoms with Gasteiger partial charge in [-0.25, -0.2) is 0 Å². The molecule has 1 amide bonds. The van der Waals surface area contributed by atoms with Crippen molar-refractivity contribution in [3.05, 3.63) is 24.3 Å². The number of hydrogen-bond acceptors (Lipinski definition) is 5. The highest BCUT2D eigenvalue weighted by Gasteiger charge is 2.33. The molecule has 1 aromatic rings. The predicted molar refractivity (Wildman–Crippen MR) is 79.5 cm³/mol. The summed E-state index contributed by atoms with van der Waals surface area (Å²) in [5, 5.41) is 0. The number of nitrogens with two attached hydrogens (primary N) is 1. The first-order chi connectivity index (χ1) is 10.3. The fraction of sp³-hybridized carbons (Fsp3) is 0.533. The highest BCUT2D eigenvalue weighted by Crippen LogP contribution is 2.33. The van der Waals surface area contributed by atoms with E-state index in [1.54, 1.807) is 0 Å². The zero-order valence-corrected chi connectivity index (χ0v) is 12.0. The molecule has 6 heteroatoms. The first kappa shape index (κ1) is 14.2. The largest absolute Gasteiger partial charge is 0.477 e. The van der Waals surface area contributed by atoms with E-state index < -0.39 is 6.10 Å². The van der Waals surface area contributed by atoms with Gasteiger partial charge in [0.2, 0.25) is 0 Å². The summed E-state index contributed by atoms with van der Waals surface area (Å²) in [6.07, 6.45) is -0.468. The summed E-state index contributed by atoms with van der Waals surface area (Å²) in [6, 6.07) is 7.79. The molecular formula is C15H21N3O3. The minimum atomic E-state index is -0.468. The topological polar surface area (TPSA) is 68.0 Å². The van der Waals surface area contributed by atoms with Crippen molar-refractivity contribution in [3.63, 3.8) is 0 Å². The van der Waals surface area contributed by atoms with Crippen LogP contribution in [0.5, 0.6) is 5.75 Å². The number of morpholine rings is 1. The molecular weight excluding hydrogens is 270 g/mol. The molecule has 0 spiro atoms. The summed E-state index contributed by atoms with van der Waals surface area (Å²) in [6.45, 7) is 4.28. The molecule has 0 aliphatic carbocycles. The Morgan fingerprint density at radius 3 is 2.81 bits per heavy atom. The Labute approximate surface area is 124 Å². The molecule has 2 aliphatic rings. The van der Waals surface area contributed by atoms with Crippen molar-refractivity contribution in [2.24, 2.45) is 5.73 Å². The molecule has 2 aliphatic heterocycles. The maximum Gasteiger partial charge on any atom is 0.265 e. The third-order valence-corrected chi connectivity index (χ3v) is 3.86. The van der Waals surface area contributed by atoms with Crippen molar-refractivity contribution in [2.75, 3.05) is 50.8 Å². The van der Waals surface area contributed by atoms with Crippen LogP contribution in [0.15, 0.2) is 24.3 Å². The van der Waals surface area contributed by atoms with Gasteiger partial charge in [-0.1, -0.05) is 12.1 Å². The minimum Gasteiger partial charge on any atom is -0.477 e. The van der Waals surface area contributed by atoms with Gasteiger partial charge in [-0.3, -0.25) is 4.79 Å². The summed E-state index contributed by atoms with van der Waals surface area (Å²) in [7, 11) is 0. The van der Waals surface area contributed by atoms with Crippen molar-refractivity contribution < 1.29 is 14.3 Å². The average molecular weight is 291 g/mol. The van der Waals surface area contributed by atoms with E-state index in [-0.39, 0.29) is 5.91 Å². The lowest BCUT2D eigenvalue weighted by Gasteiger charge is -2.38. The number of ether oxygens (including phenoxy) is 2. The van der Waals surface area contributed by atoms with Crippen LogP contribution in [0.3, 0.4) is 0 Å². The molecule has 0 radical (unpaired) electrons. The summed E-state index contributed by atoms with van der Waals surface area (Å²) < 4.78 is 11.2. The molecule has 1 saturated heterocycles. The van der Waals surface area contributed by atoms with E-state index >= 15 is 0 Å². The Hall–Kier alpha value is -1.79. The van der Waals surface area contributed by atoms with Gasteiger partial charge in [-0.05, 0) is 12.1 Å². The van der Waals surface area contributed by atoms with Crippen molar-refractivity contribution in [1.82, 2.24) is 4.90 Å². The second-order valence-electron chi connectivity index (χ2n) is 5.25. The van der Waals surface area contributed by atoms with E-state index in [0.29, 0.717) is 45.9 Å². The molecule has 2 heterocycles. The maximum atomic E-state index is 12.6. The van der Waals surface area contributed by atoms with Crippen molar-refractivity contribution in [1.29, 1.82) is 0 Å². The van der Waals surface area contributed by atoms with Crippen LogP contribution in [0.25, 0.3) is 0 Å². The number of rotatable bonds is 3. The molecule has 1 atom stereocenters. The Morgan fingerprint density at radius 2 is 2.05 bits per heavy atom. The van der Waals surface area contributed by atoms with E-state index in [1.807, 2.05) is 29.2 Å². The van der Waals surface area contributed by atoms with Crippen LogP contribution in [0.4, 0.5) is 5.69 Å². The lowest BCUT2D eigenvalue weighted by Crippen LogP contribution is -2.53. The molecule has 3 rings (SSSR count). The third kappa shape index (κ3) is 2.96. The molecule has 0 saturated carbocycles. The van der Waals surface area contributed by atoms with E-state index in [0.717, 1.165) is 11.4 Å². The molecule has 0 bridgehead atoms. The summed E-state index contributed by atoms with van der Waals surface area (Å²) in [4.78, 5) is 16.5. The van der Waals surface area contributed by atoms with Gasteiger partial charge in [0.05, 0.1) is 25.4 Å². The minimum absolute atomic E-state index is 0.0369. The highest BCUT2D eigenvalue weighted by atomic mass is 16.5. The van der Waals surface area contributed by atoms with Crippen LogP contribution < -0.4 is 15.4 Å². The van der Waals surface area contributed by atoms with E-state index in [9.17, 15) is 4.79 Å². The SMILES string of the molecule is NCCN1CC(C(=O)N2CCOCC2)Oc2ccccc21. The van der Waals surface area contributed by atoms with Gasteiger partial charge in [-0.2, -0.15) is 0 Å². The summed E-state index contributed by atoms with van der Waals surface area (Å²) >= 11 is 0. The second kappa shape index (κ2) is 6.32. The van der Waals surface area contributed by atoms with Crippen LogP contribution in [0.2, 0.25) is 0 Å². The first-order valence-electron chi connectivity index (χ1n) is 7.37. The van der Waals surface area contributed by atoms with Gasteiger partial charge in [0.15, 0.2) is 6.10 Å². The quantitative estimate of drug-likeness (QED) is 0.853. The summed E-state index contributed by atoms with van der Waals surface area (Å²) in [5.41, 5.74) is 6.69. The predicted octanol–water partition coefficient (Wildman–Crippen LogP) is 0.0715. The summed E-state index contributed by atoms with van der Waals surface area (Å²) in [5.74, 6) is 0.790. The van der Waals surface area contributed by atoms with Gasteiger partial charge in [0, 0.05) is 26.2 Å². The van der Waals surface area contributed by atoms with E-state index in [1.165, 1.54) is 0 Å². The van der Waals surface area contributed by atoms with Crippen LogP contribution in [-0.2, 0) is 9.53 Å². The monoisotopic (exact) mass is 291 g/mol. The number of amides is 1. The van der Waals surface area contributed by atoms with Crippen LogP contribution in [0, 0.1) is 0 Å². The van der Waals surface area contributed by atoms with Crippen molar-refractivity contribution in [3.8, 4) is 5.75 Å². The Kier molecular flexibility index (Phi) is 4.26. The van der Waals surface area contributed by atoms with Crippen LogP contribution >= 0.6 is 0 Å². The Morgan fingerprint density at radius 1 is 1.29 bits per heavy atom. The number of nitrogens with zero attached hydrogens (tertiary/aromatic N) is 2. The molecule has 1 aromatic carbocycles. The van der Waals surface area contributed by atoms with Gasteiger partial charge in [-0.15, -0.1) is 0 Å². The van der Waals surface area contributed by atoms with Gasteiger partial charge >= 0.3 is 0 Å². The smallest absolute Gasteiger partial charge is 0.265 e. The number of para-hydroxylation sites is 2. The number of carbonyl (C=O) groups is 1. The average Bonchev–Trinajstić information content (AvgIpc) is 2.55. The normalized spacial score (nSPS) is 21.7. The maximum absolute atomic E-state index is 12.6. The van der Waals surface area contributed by atoms with Gasteiger partial charge < -0.3 is 25.0 Å². The van der Waals surface area contributed by atoms with Crippen molar-refractivity contribution in [2.45, 2.75) is 6.10 Å². The second-order valence-corrected chi connectivity index (χ2v) is 5.25. The zero-order chi connectivity index (χ0) is 14.7. The number of fused-ring (bicyclic) bond motifs is 1. The van der Waals surface area contributed by atoms with Crippen LogP contribution in [-0.4, -0.2) is 62.8 Å². The number of benzene rings is 1. The number of carbonyl (C=O) groups excluding carboxylic acids is 1. The highest BCUT2D eigenvalue weighted by molar-refractivity contribution is 5.83. The molecule has 6 nitrogen and oxygen atoms in total. The first-order valence-corrected chi connectivity index (χ1v) is 7.37. The third-order valence-electron chi connectivity index (χ3n) is 3.86. The molecule has 2 N–H and O–H groups in total. The number of hydrogen-bond donors (Lipinski definition) is 1. The Balaban J connectivity index is 1.77. The molecule has 21 heavy (non-hydrogen) atoms. The van der Waals surface area contributed by atoms with E-state index in [2.05, 4.69) is 4.90 Å². The van der Waals surface area contributed by atoms with E-state index in [4.69, 9.17) is 15.2 Å². The Bertz CT molecular complexity index is 503. The fourth-order valence-corrected chi connectivity index (χ4v) is 2.79. The zero-order valence-electron chi connectivity index (χ0n) is 12.0. The lowest BCUT2D eigenvalue weighted by atomic mass is 10.1. The molecule has 1 fully saturated rings. The van der Waals surface area contributed by atoms with Gasteiger partial charge in [0.1, 0.15) is 5.75 Å². The molecule has 0 aromatic heterocycles. The standard InChI is InChI=1S/C15H21N3O3/c16-5-6-18-11-14(15(19)17-7-9-20-10-8-17)21-13-4-2-1-3-12(13)18/h1-4,14H,5-11,16H2. The van der Waals surface area contributed by atoms with Crippen molar-refractivity contribution >= 4 is 11.6 Å². The molecule has 1 unspecified atom stereocenters. The van der Waals surface area contributed by atoms with Crippen LogP contribution in [0.1, 0.15) is 0 Å². The lowest BCUT2D eigenvalue weighted by molar-refractivity contribution is -0.142. The number of anilines is 1. The van der Waals surface area contributed by atoms with Gasteiger partial charge in [0.25, 0.3) is 5.91 Å². The fourth-order valence-electron chi connectivity index (χ4n) is 2.79.